The molecular weight excluding hydrogens is 216 g/mol. The molecule has 0 aliphatic heterocycles. The molecule has 0 saturated carbocycles. The van der Waals surface area contributed by atoms with Gasteiger partial charge in [-0.3, -0.25) is 0 Å². The van der Waals surface area contributed by atoms with E-state index in [9.17, 15) is 0 Å². The van der Waals surface area contributed by atoms with Crippen LogP contribution in [-0.4, -0.2) is 41.9 Å². The van der Waals surface area contributed by atoms with E-state index in [1.54, 1.807) is 0 Å². The molecule has 0 radical (unpaired) electrons. The maximum absolute atomic E-state index is 8.66. The molecule has 5 heteroatoms. The Hall–Kier alpha value is -1.07. The highest BCUT2D eigenvalue weighted by Crippen LogP contribution is 2.10. The summed E-state index contributed by atoms with van der Waals surface area (Å²) in [6, 6.07) is 0. The third-order valence-electron chi connectivity index (χ3n) is 2.78. The van der Waals surface area contributed by atoms with Crippen LogP contribution in [0.15, 0.2) is 6.20 Å². The second-order valence-electron chi connectivity index (χ2n) is 4.46. The van der Waals surface area contributed by atoms with Crippen molar-refractivity contribution in [2.75, 3.05) is 32.1 Å². The van der Waals surface area contributed by atoms with Gasteiger partial charge in [-0.2, -0.15) is 0 Å². The van der Waals surface area contributed by atoms with Gasteiger partial charge in [0, 0.05) is 34.3 Å². The summed E-state index contributed by atoms with van der Waals surface area (Å²) in [7, 11) is 6.02. The van der Waals surface area contributed by atoms with Crippen molar-refractivity contribution in [3.8, 4) is 0 Å². The first-order valence-corrected chi connectivity index (χ1v) is 6.16. The molecule has 0 amide bonds. The van der Waals surface area contributed by atoms with Crippen LogP contribution in [-0.2, 0) is 13.6 Å². The number of imidazole rings is 1. The number of aromatic nitrogens is 2. The standard InChI is InChI=1S/C12H24N4O/c1-15(2)12-14-10-11(16(12)3)9-13-7-5-4-6-8-17/h10,13,17H,4-9H2,1-3H3. The number of nitrogens with zero attached hydrogens (tertiary/aromatic N) is 3. The topological polar surface area (TPSA) is 53.3 Å². The first-order valence-electron chi connectivity index (χ1n) is 6.16. The molecule has 5 nitrogen and oxygen atoms in total. The fourth-order valence-corrected chi connectivity index (χ4v) is 1.77. The molecule has 1 heterocycles. The van der Waals surface area contributed by atoms with Gasteiger partial charge < -0.3 is 19.9 Å². The number of nitrogens with one attached hydrogen (secondary N) is 1. The van der Waals surface area contributed by atoms with Gasteiger partial charge in [0.25, 0.3) is 0 Å². The summed E-state index contributed by atoms with van der Waals surface area (Å²) < 4.78 is 2.10. The smallest absolute Gasteiger partial charge is 0.204 e. The SMILES string of the molecule is CN(C)c1ncc(CNCCCCCO)n1C. The summed E-state index contributed by atoms with van der Waals surface area (Å²) in [5.74, 6) is 0.974. The minimum absolute atomic E-state index is 0.300. The summed E-state index contributed by atoms with van der Waals surface area (Å²) >= 11 is 0. The second-order valence-corrected chi connectivity index (χ2v) is 4.46. The summed E-state index contributed by atoms with van der Waals surface area (Å²) in [5.41, 5.74) is 1.19. The molecule has 0 aromatic carbocycles. The predicted molar refractivity (Wildman–Crippen MR) is 70.2 cm³/mol. The van der Waals surface area contributed by atoms with Gasteiger partial charge in [-0.1, -0.05) is 0 Å². The Morgan fingerprint density at radius 3 is 2.71 bits per heavy atom. The molecule has 98 valence electrons. The van der Waals surface area contributed by atoms with Crippen molar-refractivity contribution in [2.24, 2.45) is 7.05 Å². The summed E-state index contributed by atoms with van der Waals surface area (Å²) in [6.45, 7) is 2.13. The van der Waals surface area contributed by atoms with Gasteiger partial charge in [0.1, 0.15) is 0 Å². The molecule has 0 spiro atoms. The zero-order valence-corrected chi connectivity index (χ0v) is 11.1. The van der Waals surface area contributed by atoms with E-state index in [0.29, 0.717) is 6.61 Å². The number of rotatable bonds is 8. The molecule has 0 saturated heterocycles. The quantitative estimate of drug-likeness (QED) is 0.658. The van der Waals surface area contributed by atoms with E-state index in [4.69, 9.17) is 5.11 Å². The van der Waals surface area contributed by atoms with E-state index in [1.807, 2.05) is 32.2 Å². The van der Waals surface area contributed by atoms with Gasteiger partial charge in [-0.05, 0) is 25.8 Å². The van der Waals surface area contributed by atoms with Crippen LogP contribution in [0.1, 0.15) is 25.0 Å². The fraction of sp³-hybridized carbons (Fsp3) is 0.750. The lowest BCUT2D eigenvalue weighted by Crippen LogP contribution is -2.19. The molecular formula is C12H24N4O. The van der Waals surface area contributed by atoms with Crippen molar-refractivity contribution in [3.63, 3.8) is 0 Å². The Kier molecular flexibility index (Phi) is 6.00. The van der Waals surface area contributed by atoms with E-state index >= 15 is 0 Å². The lowest BCUT2D eigenvalue weighted by Gasteiger charge is -2.12. The van der Waals surface area contributed by atoms with Crippen LogP contribution >= 0.6 is 0 Å². The Morgan fingerprint density at radius 2 is 2.12 bits per heavy atom. The predicted octanol–water partition coefficient (Wildman–Crippen LogP) is 0.738. The van der Waals surface area contributed by atoms with Crippen molar-refractivity contribution in [1.82, 2.24) is 14.9 Å². The van der Waals surface area contributed by atoms with E-state index in [1.165, 1.54) is 5.69 Å². The average Bonchev–Trinajstić information content (AvgIpc) is 2.65. The summed E-state index contributed by atoms with van der Waals surface area (Å²) in [6.07, 6.45) is 5.00. The van der Waals surface area contributed by atoms with Gasteiger partial charge in [0.2, 0.25) is 5.95 Å². The first-order chi connectivity index (χ1) is 8.16. The molecule has 0 aliphatic carbocycles. The molecule has 0 fully saturated rings. The van der Waals surface area contributed by atoms with E-state index < -0.39 is 0 Å². The molecule has 0 atom stereocenters. The lowest BCUT2D eigenvalue weighted by molar-refractivity contribution is 0.283. The molecule has 1 aromatic heterocycles. The van der Waals surface area contributed by atoms with Crippen molar-refractivity contribution < 1.29 is 5.11 Å². The minimum Gasteiger partial charge on any atom is -0.396 e. The van der Waals surface area contributed by atoms with Gasteiger partial charge >= 0.3 is 0 Å². The van der Waals surface area contributed by atoms with E-state index in [0.717, 1.165) is 38.3 Å². The summed E-state index contributed by atoms with van der Waals surface area (Å²) in [5, 5.41) is 12.0. The van der Waals surface area contributed by atoms with Crippen molar-refractivity contribution in [2.45, 2.75) is 25.8 Å². The van der Waals surface area contributed by atoms with Crippen LogP contribution in [0.3, 0.4) is 0 Å². The second kappa shape index (κ2) is 7.29. The van der Waals surface area contributed by atoms with Crippen molar-refractivity contribution >= 4 is 5.95 Å². The number of anilines is 1. The molecule has 0 unspecified atom stereocenters. The maximum Gasteiger partial charge on any atom is 0.204 e. The molecule has 2 N–H and O–H groups in total. The maximum atomic E-state index is 8.66. The van der Waals surface area contributed by atoms with Crippen LogP contribution in [0.25, 0.3) is 0 Å². The zero-order valence-electron chi connectivity index (χ0n) is 11.1. The normalized spacial score (nSPS) is 10.8. The van der Waals surface area contributed by atoms with Crippen LogP contribution < -0.4 is 10.2 Å². The third-order valence-corrected chi connectivity index (χ3v) is 2.78. The molecule has 0 aliphatic rings. The minimum atomic E-state index is 0.300. The number of aliphatic hydroxyl groups is 1. The van der Waals surface area contributed by atoms with Gasteiger partial charge in [-0.15, -0.1) is 0 Å². The van der Waals surface area contributed by atoms with Gasteiger partial charge in [0.05, 0.1) is 11.9 Å². The summed E-state index contributed by atoms with van der Waals surface area (Å²) in [4.78, 5) is 6.36. The highest BCUT2D eigenvalue weighted by molar-refractivity contribution is 5.30. The monoisotopic (exact) mass is 240 g/mol. The van der Waals surface area contributed by atoms with Gasteiger partial charge in [0.15, 0.2) is 0 Å². The molecule has 1 rings (SSSR count). The van der Waals surface area contributed by atoms with Crippen molar-refractivity contribution in [3.05, 3.63) is 11.9 Å². The third kappa shape index (κ3) is 4.36. The molecule has 17 heavy (non-hydrogen) atoms. The Labute approximate surface area is 103 Å². The van der Waals surface area contributed by atoms with E-state index in [2.05, 4.69) is 14.9 Å². The number of hydrogen-bond acceptors (Lipinski definition) is 4. The molecule has 1 aromatic rings. The Morgan fingerprint density at radius 1 is 1.35 bits per heavy atom. The van der Waals surface area contributed by atoms with Crippen LogP contribution in [0.2, 0.25) is 0 Å². The Bertz CT molecular complexity index is 322. The number of aliphatic hydroxyl groups excluding tert-OH is 1. The van der Waals surface area contributed by atoms with Crippen molar-refractivity contribution in [1.29, 1.82) is 0 Å². The highest BCUT2D eigenvalue weighted by atomic mass is 16.2. The van der Waals surface area contributed by atoms with E-state index in [-0.39, 0.29) is 0 Å². The average molecular weight is 240 g/mol. The first kappa shape index (κ1) is 14.0. The highest BCUT2D eigenvalue weighted by Gasteiger charge is 2.06. The fourth-order valence-electron chi connectivity index (χ4n) is 1.77. The number of unbranched alkanes of at least 4 members (excludes halogenated alkanes) is 2. The Balaban J connectivity index is 2.27. The van der Waals surface area contributed by atoms with Crippen LogP contribution in [0.5, 0.6) is 0 Å². The largest absolute Gasteiger partial charge is 0.396 e. The van der Waals surface area contributed by atoms with Crippen LogP contribution in [0, 0.1) is 0 Å². The van der Waals surface area contributed by atoms with Crippen LogP contribution in [0.4, 0.5) is 5.95 Å². The lowest BCUT2D eigenvalue weighted by atomic mass is 10.2. The molecule has 0 bridgehead atoms. The number of hydrogen-bond donors (Lipinski definition) is 2. The zero-order chi connectivity index (χ0) is 12.7. The van der Waals surface area contributed by atoms with Gasteiger partial charge in [-0.25, -0.2) is 4.98 Å².